The van der Waals surface area contributed by atoms with Gasteiger partial charge in [0.1, 0.15) is 11.8 Å². The highest BCUT2D eigenvalue weighted by Crippen LogP contribution is 2.37. The number of nitriles is 1. The SMILES string of the molecule is N#Cc1cc(NCC2(CO)CCCC2)ccn1. The number of nitrogens with zero attached hydrogens (tertiary/aromatic N) is 2. The first-order valence-electron chi connectivity index (χ1n) is 5.99. The first kappa shape index (κ1) is 11.9. The van der Waals surface area contributed by atoms with Gasteiger partial charge in [-0.25, -0.2) is 4.98 Å². The molecule has 1 aliphatic rings. The molecule has 1 fully saturated rings. The van der Waals surface area contributed by atoms with E-state index in [1.165, 1.54) is 12.8 Å². The van der Waals surface area contributed by atoms with E-state index in [-0.39, 0.29) is 12.0 Å². The van der Waals surface area contributed by atoms with Gasteiger partial charge in [0.05, 0.1) is 6.61 Å². The molecule has 1 heterocycles. The van der Waals surface area contributed by atoms with Crippen molar-refractivity contribution in [3.05, 3.63) is 24.0 Å². The van der Waals surface area contributed by atoms with Gasteiger partial charge in [-0.1, -0.05) is 12.8 Å². The summed E-state index contributed by atoms with van der Waals surface area (Å²) >= 11 is 0. The van der Waals surface area contributed by atoms with Crippen molar-refractivity contribution < 1.29 is 5.11 Å². The highest BCUT2D eigenvalue weighted by molar-refractivity contribution is 5.46. The van der Waals surface area contributed by atoms with Gasteiger partial charge in [0.15, 0.2) is 0 Å². The molecule has 90 valence electrons. The van der Waals surface area contributed by atoms with Crippen LogP contribution in [0.3, 0.4) is 0 Å². The summed E-state index contributed by atoms with van der Waals surface area (Å²) in [4.78, 5) is 3.92. The summed E-state index contributed by atoms with van der Waals surface area (Å²) < 4.78 is 0. The van der Waals surface area contributed by atoms with Crippen molar-refractivity contribution in [1.82, 2.24) is 4.98 Å². The van der Waals surface area contributed by atoms with Crippen LogP contribution < -0.4 is 5.32 Å². The Kier molecular flexibility index (Phi) is 3.60. The van der Waals surface area contributed by atoms with Crippen molar-refractivity contribution in [3.8, 4) is 6.07 Å². The fraction of sp³-hybridized carbons (Fsp3) is 0.538. The average Bonchev–Trinajstić information content (AvgIpc) is 2.86. The Labute approximate surface area is 101 Å². The van der Waals surface area contributed by atoms with Gasteiger partial charge in [-0.15, -0.1) is 0 Å². The summed E-state index contributed by atoms with van der Waals surface area (Å²) in [7, 11) is 0. The van der Waals surface area contributed by atoms with Crippen LogP contribution in [-0.4, -0.2) is 23.2 Å². The molecular formula is C13H17N3O. The monoisotopic (exact) mass is 231 g/mol. The van der Waals surface area contributed by atoms with Gasteiger partial charge in [-0.05, 0) is 25.0 Å². The number of pyridine rings is 1. The zero-order valence-corrected chi connectivity index (χ0v) is 9.82. The van der Waals surface area contributed by atoms with E-state index >= 15 is 0 Å². The Morgan fingerprint density at radius 1 is 1.47 bits per heavy atom. The second-order valence-corrected chi connectivity index (χ2v) is 4.76. The standard InChI is InChI=1S/C13H17N3O/c14-8-12-7-11(3-6-15-12)16-9-13(10-17)4-1-2-5-13/h3,6-7,17H,1-2,4-5,9-10H2,(H,15,16). The van der Waals surface area contributed by atoms with Gasteiger partial charge in [0.2, 0.25) is 0 Å². The topological polar surface area (TPSA) is 68.9 Å². The lowest BCUT2D eigenvalue weighted by Gasteiger charge is -2.27. The van der Waals surface area contributed by atoms with E-state index in [9.17, 15) is 5.11 Å². The van der Waals surface area contributed by atoms with Crippen LogP contribution in [0.4, 0.5) is 5.69 Å². The third-order valence-electron chi connectivity index (χ3n) is 3.54. The van der Waals surface area contributed by atoms with Crippen LogP contribution in [0, 0.1) is 16.7 Å². The maximum atomic E-state index is 9.49. The molecule has 0 atom stereocenters. The van der Waals surface area contributed by atoms with Gasteiger partial charge in [-0.2, -0.15) is 5.26 Å². The van der Waals surface area contributed by atoms with E-state index in [2.05, 4.69) is 10.3 Å². The maximum Gasteiger partial charge on any atom is 0.142 e. The predicted octanol–water partition coefficient (Wildman–Crippen LogP) is 1.92. The first-order valence-corrected chi connectivity index (χ1v) is 5.99. The van der Waals surface area contributed by atoms with Crippen LogP contribution in [0.2, 0.25) is 0 Å². The van der Waals surface area contributed by atoms with Gasteiger partial charge >= 0.3 is 0 Å². The minimum atomic E-state index is 0.0239. The molecule has 0 saturated heterocycles. The van der Waals surface area contributed by atoms with Crippen molar-refractivity contribution in [1.29, 1.82) is 5.26 Å². The maximum absolute atomic E-state index is 9.49. The van der Waals surface area contributed by atoms with Crippen LogP contribution in [-0.2, 0) is 0 Å². The number of aliphatic hydroxyl groups excluding tert-OH is 1. The highest BCUT2D eigenvalue weighted by atomic mass is 16.3. The molecule has 1 aromatic rings. The smallest absolute Gasteiger partial charge is 0.142 e. The molecule has 2 rings (SSSR count). The molecule has 0 radical (unpaired) electrons. The van der Waals surface area contributed by atoms with Gasteiger partial charge < -0.3 is 10.4 Å². The van der Waals surface area contributed by atoms with Crippen LogP contribution in [0.5, 0.6) is 0 Å². The van der Waals surface area contributed by atoms with Gasteiger partial charge in [0, 0.05) is 23.8 Å². The Hall–Kier alpha value is -1.60. The summed E-state index contributed by atoms with van der Waals surface area (Å²) in [6.07, 6.45) is 6.17. The van der Waals surface area contributed by atoms with E-state index in [1.54, 1.807) is 12.3 Å². The zero-order valence-electron chi connectivity index (χ0n) is 9.82. The predicted molar refractivity (Wildman–Crippen MR) is 65.4 cm³/mol. The summed E-state index contributed by atoms with van der Waals surface area (Å²) in [5.74, 6) is 0. The molecule has 17 heavy (non-hydrogen) atoms. The summed E-state index contributed by atoms with van der Waals surface area (Å²) in [6, 6.07) is 5.60. The zero-order chi connectivity index (χ0) is 12.1. The number of hydrogen-bond donors (Lipinski definition) is 2. The molecule has 0 spiro atoms. The molecule has 1 saturated carbocycles. The minimum Gasteiger partial charge on any atom is -0.396 e. The Morgan fingerprint density at radius 2 is 2.24 bits per heavy atom. The molecule has 4 heteroatoms. The lowest BCUT2D eigenvalue weighted by molar-refractivity contribution is 0.142. The first-order chi connectivity index (χ1) is 8.28. The number of aromatic nitrogens is 1. The van der Waals surface area contributed by atoms with Gasteiger partial charge in [-0.3, -0.25) is 0 Å². The minimum absolute atomic E-state index is 0.0239. The number of hydrogen-bond acceptors (Lipinski definition) is 4. The Balaban J connectivity index is 1.99. The quantitative estimate of drug-likeness (QED) is 0.830. The fourth-order valence-electron chi connectivity index (χ4n) is 2.41. The van der Waals surface area contributed by atoms with E-state index in [0.717, 1.165) is 25.1 Å². The molecule has 0 bridgehead atoms. The van der Waals surface area contributed by atoms with Crippen molar-refractivity contribution in [2.24, 2.45) is 5.41 Å². The third-order valence-corrected chi connectivity index (χ3v) is 3.54. The summed E-state index contributed by atoms with van der Waals surface area (Å²) in [5.41, 5.74) is 1.34. The molecule has 1 aromatic heterocycles. The molecule has 0 aromatic carbocycles. The molecule has 2 N–H and O–H groups in total. The average molecular weight is 231 g/mol. The van der Waals surface area contributed by atoms with Crippen molar-refractivity contribution in [2.75, 3.05) is 18.5 Å². The largest absolute Gasteiger partial charge is 0.396 e. The number of rotatable bonds is 4. The third kappa shape index (κ3) is 2.75. The molecule has 0 amide bonds. The lowest BCUT2D eigenvalue weighted by atomic mass is 9.87. The van der Waals surface area contributed by atoms with Crippen LogP contribution in [0.15, 0.2) is 18.3 Å². The molecular weight excluding hydrogens is 214 g/mol. The summed E-state index contributed by atoms with van der Waals surface area (Å²) in [6.45, 7) is 0.995. The van der Waals surface area contributed by atoms with E-state index in [0.29, 0.717) is 5.69 Å². The van der Waals surface area contributed by atoms with E-state index in [4.69, 9.17) is 5.26 Å². The second-order valence-electron chi connectivity index (χ2n) is 4.76. The van der Waals surface area contributed by atoms with Crippen LogP contribution in [0.1, 0.15) is 31.4 Å². The van der Waals surface area contributed by atoms with Crippen molar-refractivity contribution in [2.45, 2.75) is 25.7 Å². The Bertz CT molecular complexity index is 419. The molecule has 4 nitrogen and oxygen atoms in total. The van der Waals surface area contributed by atoms with Crippen LogP contribution in [0.25, 0.3) is 0 Å². The molecule has 1 aliphatic carbocycles. The number of aliphatic hydroxyl groups is 1. The fourth-order valence-corrected chi connectivity index (χ4v) is 2.41. The van der Waals surface area contributed by atoms with Crippen molar-refractivity contribution in [3.63, 3.8) is 0 Å². The second kappa shape index (κ2) is 5.15. The normalized spacial score (nSPS) is 17.6. The van der Waals surface area contributed by atoms with E-state index < -0.39 is 0 Å². The lowest BCUT2D eigenvalue weighted by Crippen LogP contribution is -2.30. The van der Waals surface area contributed by atoms with Crippen molar-refractivity contribution >= 4 is 5.69 Å². The number of nitrogens with one attached hydrogen (secondary N) is 1. The summed E-state index contributed by atoms with van der Waals surface area (Å²) in [5, 5.41) is 21.6. The Morgan fingerprint density at radius 3 is 2.88 bits per heavy atom. The molecule has 0 aliphatic heterocycles. The van der Waals surface area contributed by atoms with Crippen LogP contribution >= 0.6 is 0 Å². The van der Waals surface area contributed by atoms with E-state index in [1.807, 2.05) is 12.1 Å². The van der Waals surface area contributed by atoms with Gasteiger partial charge in [0.25, 0.3) is 0 Å². The molecule has 0 unspecified atom stereocenters. The number of anilines is 1. The highest BCUT2D eigenvalue weighted by Gasteiger charge is 2.32.